The van der Waals surface area contributed by atoms with Crippen LogP contribution in [0, 0.1) is 17.0 Å². The Morgan fingerprint density at radius 2 is 1.95 bits per heavy atom. The van der Waals surface area contributed by atoms with Gasteiger partial charge in [0.05, 0.1) is 10.5 Å². The van der Waals surface area contributed by atoms with Gasteiger partial charge in [-0.2, -0.15) is 0 Å². The number of hydrogen-bond donors (Lipinski definition) is 1. The first-order valence-electron chi connectivity index (χ1n) is 5.93. The van der Waals surface area contributed by atoms with Crippen molar-refractivity contribution in [3.05, 3.63) is 57.6 Å². The van der Waals surface area contributed by atoms with Crippen LogP contribution in [0.25, 0.3) is 0 Å². The van der Waals surface area contributed by atoms with E-state index in [1.54, 1.807) is 6.92 Å². The van der Waals surface area contributed by atoms with Crippen molar-refractivity contribution in [3.63, 3.8) is 0 Å². The first-order valence-corrected chi connectivity index (χ1v) is 5.93. The number of non-ortho nitro benzene ring substituents is 1. The molecule has 0 aliphatic rings. The maximum Gasteiger partial charge on any atom is 0.270 e. The maximum atomic E-state index is 13.0. The third-order valence-electron chi connectivity index (χ3n) is 2.91. The maximum absolute atomic E-state index is 13.0. The number of phenols is 1. The smallest absolute Gasteiger partial charge is 0.270 e. The molecule has 0 atom stereocenters. The molecule has 0 radical (unpaired) electrons. The van der Waals surface area contributed by atoms with E-state index >= 15 is 0 Å². The normalized spacial score (nSPS) is 10.7. The van der Waals surface area contributed by atoms with Crippen molar-refractivity contribution in [1.29, 1.82) is 0 Å². The van der Waals surface area contributed by atoms with Gasteiger partial charge < -0.3 is 9.84 Å². The lowest BCUT2D eigenvalue weighted by molar-refractivity contribution is -0.385. The van der Waals surface area contributed by atoms with Crippen LogP contribution in [0.15, 0.2) is 36.4 Å². The Labute approximate surface area is 118 Å². The molecule has 1 N–H and O–H groups in total. The predicted molar refractivity (Wildman–Crippen MR) is 71.0 cm³/mol. The van der Waals surface area contributed by atoms with Crippen LogP contribution in [-0.2, 0) is 0 Å². The summed E-state index contributed by atoms with van der Waals surface area (Å²) in [5, 5.41) is 20.2. The molecule has 0 saturated carbocycles. The summed E-state index contributed by atoms with van der Waals surface area (Å²) in [6.45, 7) is 1.57. The summed E-state index contributed by atoms with van der Waals surface area (Å²) in [5.41, 5.74) is -0.631. The molecule has 21 heavy (non-hydrogen) atoms. The molecule has 0 aliphatic carbocycles. The molecule has 0 spiro atoms. The van der Waals surface area contributed by atoms with E-state index in [0.717, 1.165) is 18.2 Å². The minimum absolute atomic E-state index is 0.0343. The van der Waals surface area contributed by atoms with Crippen LogP contribution >= 0.6 is 0 Å². The van der Waals surface area contributed by atoms with Crippen LogP contribution in [0.2, 0.25) is 0 Å². The summed E-state index contributed by atoms with van der Waals surface area (Å²) in [6.07, 6.45) is -2.92. The van der Waals surface area contributed by atoms with Crippen LogP contribution in [0.4, 0.5) is 14.5 Å². The Morgan fingerprint density at radius 3 is 2.57 bits per heavy atom. The highest BCUT2D eigenvalue weighted by Gasteiger charge is 2.20. The van der Waals surface area contributed by atoms with E-state index in [4.69, 9.17) is 4.74 Å². The van der Waals surface area contributed by atoms with Gasteiger partial charge in [-0.1, -0.05) is 6.07 Å². The Bertz CT molecular complexity index is 689. The molecule has 7 heteroatoms. The Hall–Kier alpha value is -2.70. The molecule has 0 aromatic heterocycles. The Balaban J connectivity index is 2.44. The zero-order valence-corrected chi connectivity index (χ0v) is 10.9. The average molecular weight is 295 g/mol. The first kappa shape index (κ1) is 14.7. The van der Waals surface area contributed by atoms with Gasteiger partial charge in [-0.25, -0.2) is 8.78 Å². The van der Waals surface area contributed by atoms with E-state index in [0.29, 0.717) is 5.56 Å². The summed E-state index contributed by atoms with van der Waals surface area (Å²) in [7, 11) is 0. The third-order valence-corrected chi connectivity index (χ3v) is 2.91. The number of halogens is 2. The number of rotatable bonds is 4. The van der Waals surface area contributed by atoms with Crippen molar-refractivity contribution in [2.24, 2.45) is 0 Å². The number of nitro groups is 1. The lowest BCUT2D eigenvalue weighted by Crippen LogP contribution is -1.96. The van der Waals surface area contributed by atoms with Gasteiger partial charge in [-0.3, -0.25) is 10.1 Å². The van der Waals surface area contributed by atoms with Gasteiger partial charge in [-0.05, 0) is 25.1 Å². The molecular formula is C14H11F2NO4. The predicted octanol–water partition coefficient (Wildman–Crippen LogP) is 4.34. The number of aromatic hydroxyl groups is 1. The van der Waals surface area contributed by atoms with E-state index in [-0.39, 0.29) is 17.2 Å². The van der Waals surface area contributed by atoms with Crippen LogP contribution in [-0.4, -0.2) is 10.0 Å². The molecule has 0 bridgehead atoms. The van der Waals surface area contributed by atoms with E-state index in [1.807, 2.05) is 0 Å². The topological polar surface area (TPSA) is 72.6 Å². The van der Waals surface area contributed by atoms with Gasteiger partial charge in [0.25, 0.3) is 12.1 Å². The quantitative estimate of drug-likeness (QED) is 0.672. The summed E-state index contributed by atoms with van der Waals surface area (Å²) >= 11 is 0. The number of nitro benzene ring substituents is 1. The van der Waals surface area contributed by atoms with Crippen LogP contribution in [0.5, 0.6) is 17.2 Å². The molecule has 2 rings (SSSR count). The third kappa shape index (κ3) is 3.07. The summed E-state index contributed by atoms with van der Waals surface area (Å²) in [5.74, 6) is -0.0249. The first-order chi connectivity index (χ1) is 9.90. The molecule has 0 unspecified atom stereocenters. The van der Waals surface area contributed by atoms with Gasteiger partial charge in [0.15, 0.2) is 0 Å². The molecular weight excluding hydrogens is 284 g/mol. The second-order valence-corrected chi connectivity index (χ2v) is 4.28. The van der Waals surface area contributed by atoms with Gasteiger partial charge in [0, 0.05) is 17.7 Å². The molecule has 2 aromatic rings. The lowest BCUT2D eigenvalue weighted by atomic mass is 10.1. The highest BCUT2D eigenvalue weighted by Crippen LogP contribution is 2.37. The Kier molecular flexibility index (Phi) is 4.02. The molecule has 0 aliphatic heterocycles. The lowest BCUT2D eigenvalue weighted by Gasteiger charge is -2.13. The number of alkyl halides is 2. The van der Waals surface area contributed by atoms with E-state index < -0.39 is 22.6 Å². The number of hydrogen-bond acceptors (Lipinski definition) is 4. The molecule has 0 heterocycles. The van der Waals surface area contributed by atoms with E-state index in [2.05, 4.69) is 0 Å². The van der Waals surface area contributed by atoms with Crippen molar-refractivity contribution in [1.82, 2.24) is 0 Å². The van der Waals surface area contributed by atoms with Crippen LogP contribution < -0.4 is 4.74 Å². The minimum Gasteiger partial charge on any atom is -0.508 e. The minimum atomic E-state index is -2.92. The van der Waals surface area contributed by atoms with Crippen molar-refractivity contribution in [3.8, 4) is 17.2 Å². The van der Waals surface area contributed by atoms with Crippen LogP contribution in [0.3, 0.4) is 0 Å². The SMILES string of the molecule is Cc1c(O)cccc1Oc1ccc([N+](=O)[O-])cc1C(F)F. The van der Waals surface area contributed by atoms with E-state index in [1.165, 1.54) is 18.2 Å². The largest absolute Gasteiger partial charge is 0.508 e. The fraction of sp³-hybridized carbons (Fsp3) is 0.143. The molecule has 0 amide bonds. The zero-order valence-electron chi connectivity index (χ0n) is 10.9. The highest BCUT2D eigenvalue weighted by atomic mass is 19.3. The fourth-order valence-corrected chi connectivity index (χ4v) is 1.74. The van der Waals surface area contributed by atoms with Gasteiger partial charge in [-0.15, -0.1) is 0 Å². The highest BCUT2D eigenvalue weighted by molar-refractivity contribution is 5.49. The van der Waals surface area contributed by atoms with Gasteiger partial charge in [0.2, 0.25) is 0 Å². The van der Waals surface area contributed by atoms with Crippen LogP contribution in [0.1, 0.15) is 17.6 Å². The standard InChI is InChI=1S/C14H11F2NO4/c1-8-11(18)3-2-4-12(8)21-13-6-5-9(17(19)20)7-10(13)14(15)16/h2-7,14,18H,1H3. The van der Waals surface area contributed by atoms with E-state index in [9.17, 15) is 24.0 Å². The number of nitrogens with zero attached hydrogens (tertiary/aromatic N) is 1. The molecule has 0 saturated heterocycles. The zero-order chi connectivity index (χ0) is 15.6. The summed E-state index contributed by atoms with van der Waals surface area (Å²) in [6, 6.07) is 7.42. The Morgan fingerprint density at radius 1 is 1.24 bits per heavy atom. The number of phenolic OH excluding ortho intramolecular Hbond substituents is 1. The average Bonchev–Trinajstić information content (AvgIpc) is 2.43. The second kappa shape index (κ2) is 5.74. The molecule has 110 valence electrons. The number of benzene rings is 2. The summed E-state index contributed by atoms with van der Waals surface area (Å²) < 4.78 is 31.4. The monoisotopic (exact) mass is 295 g/mol. The van der Waals surface area contributed by atoms with Gasteiger partial charge >= 0.3 is 0 Å². The van der Waals surface area contributed by atoms with Crippen molar-refractivity contribution < 1.29 is 23.5 Å². The van der Waals surface area contributed by atoms with Crippen molar-refractivity contribution in [2.75, 3.05) is 0 Å². The van der Waals surface area contributed by atoms with Crippen molar-refractivity contribution >= 4 is 5.69 Å². The van der Waals surface area contributed by atoms with Crippen molar-refractivity contribution in [2.45, 2.75) is 13.3 Å². The molecule has 2 aromatic carbocycles. The summed E-state index contributed by atoms with van der Waals surface area (Å²) in [4.78, 5) is 9.88. The fourth-order valence-electron chi connectivity index (χ4n) is 1.74. The molecule has 5 nitrogen and oxygen atoms in total. The second-order valence-electron chi connectivity index (χ2n) is 4.28. The number of ether oxygens (including phenoxy) is 1. The molecule has 0 fully saturated rings. The van der Waals surface area contributed by atoms with Gasteiger partial charge in [0.1, 0.15) is 17.2 Å².